The van der Waals surface area contributed by atoms with E-state index in [1.165, 1.54) is 20.3 Å². The van der Waals surface area contributed by atoms with Crippen LogP contribution in [0.2, 0.25) is 0 Å². The van der Waals surface area contributed by atoms with E-state index in [9.17, 15) is 9.59 Å². The Morgan fingerprint density at radius 1 is 1.32 bits per heavy atom. The summed E-state index contributed by atoms with van der Waals surface area (Å²) in [5.74, 6) is -2.23. The number of hydrogen-bond acceptors (Lipinski definition) is 5. The summed E-state index contributed by atoms with van der Waals surface area (Å²) in [5, 5.41) is 9.11. The summed E-state index contributed by atoms with van der Waals surface area (Å²) < 4.78 is 14.7. The molecule has 0 unspecified atom stereocenters. The third-order valence-corrected chi connectivity index (χ3v) is 2.68. The number of halogens is 1. The molecular weight excluding hydrogens is 320 g/mol. The van der Waals surface area contributed by atoms with Crippen molar-refractivity contribution in [3.8, 4) is 5.75 Å². The quantitative estimate of drug-likeness (QED) is 0.506. The van der Waals surface area contributed by atoms with Gasteiger partial charge in [-0.3, -0.25) is 0 Å². The minimum Gasteiger partial charge on any atom is -0.500 e. The van der Waals surface area contributed by atoms with E-state index in [0.29, 0.717) is 4.47 Å². The fraction of sp³-hybridized carbons (Fsp3) is 0.167. The van der Waals surface area contributed by atoms with Crippen LogP contribution in [-0.2, 0) is 14.3 Å². The molecule has 19 heavy (non-hydrogen) atoms. The Balaban J connectivity index is 3.17. The highest BCUT2D eigenvalue weighted by Gasteiger charge is 2.20. The average molecular weight is 331 g/mol. The molecule has 1 rings (SSSR count). The standard InChI is InChI=1S/C12H11BrO6/c1-17-6-9(12(16)18-2)19-8-5-3-4-7(13)10(8)11(14)15/h3-6H,1-2H3,(H,14,15). The first-order valence-electron chi connectivity index (χ1n) is 5.02. The Bertz CT molecular complexity index is 523. The molecular formula is C12H11BrO6. The smallest absolute Gasteiger partial charge is 0.377 e. The van der Waals surface area contributed by atoms with Crippen LogP contribution in [0.15, 0.2) is 34.7 Å². The molecule has 6 nitrogen and oxygen atoms in total. The summed E-state index contributed by atoms with van der Waals surface area (Å²) in [6.07, 6.45) is 1.03. The van der Waals surface area contributed by atoms with Crippen LogP contribution in [-0.4, -0.2) is 31.3 Å². The van der Waals surface area contributed by atoms with Crippen molar-refractivity contribution < 1.29 is 28.9 Å². The van der Waals surface area contributed by atoms with Gasteiger partial charge in [0.2, 0.25) is 5.76 Å². The first kappa shape index (κ1) is 15.0. The van der Waals surface area contributed by atoms with Crippen molar-refractivity contribution in [1.82, 2.24) is 0 Å². The second-order valence-electron chi connectivity index (χ2n) is 3.23. The van der Waals surface area contributed by atoms with Gasteiger partial charge in [0.15, 0.2) is 0 Å². The second kappa shape index (κ2) is 6.79. The van der Waals surface area contributed by atoms with Crippen molar-refractivity contribution >= 4 is 27.9 Å². The molecule has 1 aromatic carbocycles. The topological polar surface area (TPSA) is 82.1 Å². The van der Waals surface area contributed by atoms with Gasteiger partial charge in [-0.05, 0) is 28.1 Å². The molecule has 1 N–H and O–H groups in total. The number of aromatic carboxylic acids is 1. The SMILES string of the molecule is COC=C(Oc1cccc(Br)c1C(=O)O)C(=O)OC. The zero-order valence-corrected chi connectivity index (χ0v) is 11.8. The Morgan fingerprint density at radius 3 is 2.53 bits per heavy atom. The number of methoxy groups -OCH3 is 2. The van der Waals surface area contributed by atoms with Gasteiger partial charge in [-0.2, -0.15) is 0 Å². The van der Waals surface area contributed by atoms with Crippen LogP contribution in [0.3, 0.4) is 0 Å². The molecule has 0 bridgehead atoms. The van der Waals surface area contributed by atoms with E-state index >= 15 is 0 Å². The largest absolute Gasteiger partial charge is 0.500 e. The summed E-state index contributed by atoms with van der Waals surface area (Å²) in [6, 6.07) is 4.54. The van der Waals surface area contributed by atoms with Gasteiger partial charge in [-0.15, -0.1) is 0 Å². The summed E-state index contributed by atoms with van der Waals surface area (Å²) in [7, 11) is 2.50. The number of hydrogen-bond donors (Lipinski definition) is 1. The van der Waals surface area contributed by atoms with Gasteiger partial charge in [0, 0.05) is 4.47 Å². The maximum absolute atomic E-state index is 11.4. The van der Waals surface area contributed by atoms with Gasteiger partial charge in [0.25, 0.3) is 0 Å². The molecule has 0 radical (unpaired) electrons. The maximum atomic E-state index is 11.4. The zero-order chi connectivity index (χ0) is 14.4. The number of carboxylic acids is 1. The van der Waals surface area contributed by atoms with Crippen LogP contribution in [0.1, 0.15) is 10.4 Å². The summed E-state index contributed by atoms with van der Waals surface area (Å²) in [4.78, 5) is 22.6. The van der Waals surface area contributed by atoms with E-state index in [0.717, 1.165) is 6.26 Å². The number of ether oxygens (including phenoxy) is 3. The van der Waals surface area contributed by atoms with Gasteiger partial charge in [0.1, 0.15) is 17.6 Å². The Kier molecular flexibility index (Phi) is 5.37. The molecule has 0 amide bonds. The van der Waals surface area contributed by atoms with E-state index < -0.39 is 11.9 Å². The van der Waals surface area contributed by atoms with Gasteiger partial charge in [-0.1, -0.05) is 6.07 Å². The molecule has 0 spiro atoms. The van der Waals surface area contributed by atoms with Crippen molar-refractivity contribution in [3.05, 3.63) is 40.3 Å². The normalized spacial score (nSPS) is 10.8. The molecule has 0 saturated carbocycles. The van der Waals surface area contributed by atoms with E-state index in [4.69, 9.17) is 9.84 Å². The molecule has 0 fully saturated rings. The van der Waals surface area contributed by atoms with E-state index in [1.807, 2.05) is 0 Å². The third kappa shape index (κ3) is 3.72. The number of benzene rings is 1. The van der Waals surface area contributed by atoms with Crippen LogP contribution >= 0.6 is 15.9 Å². The van der Waals surface area contributed by atoms with Crippen LogP contribution in [0, 0.1) is 0 Å². The molecule has 0 atom stereocenters. The highest BCUT2D eigenvalue weighted by Crippen LogP contribution is 2.28. The van der Waals surface area contributed by atoms with Gasteiger partial charge in [0.05, 0.1) is 14.2 Å². The first-order chi connectivity index (χ1) is 9.01. The van der Waals surface area contributed by atoms with Crippen LogP contribution in [0.5, 0.6) is 5.75 Å². The second-order valence-corrected chi connectivity index (χ2v) is 4.08. The Hall–Kier alpha value is -2.02. The summed E-state index contributed by atoms with van der Waals surface area (Å²) in [5.41, 5.74) is -0.103. The zero-order valence-electron chi connectivity index (χ0n) is 10.2. The van der Waals surface area contributed by atoms with Gasteiger partial charge < -0.3 is 19.3 Å². The Morgan fingerprint density at radius 2 is 2.00 bits per heavy atom. The van der Waals surface area contributed by atoms with E-state index in [1.54, 1.807) is 12.1 Å². The van der Waals surface area contributed by atoms with Gasteiger partial charge >= 0.3 is 11.9 Å². The highest BCUT2D eigenvalue weighted by atomic mass is 79.9. The van der Waals surface area contributed by atoms with Crippen molar-refractivity contribution in [2.24, 2.45) is 0 Å². The maximum Gasteiger partial charge on any atom is 0.377 e. The molecule has 7 heteroatoms. The molecule has 0 heterocycles. The lowest BCUT2D eigenvalue weighted by Crippen LogP contribution is -2.13. The van der Waals surface area contributed by atoms with E-state index in [2.05, 4.69) is 25.4 Å². The van der Waals surface area contributed by atoms with Crippen molar-refractivity contribution in [3.63, 3.8) is 0 Å². The average Bonchev–Trinajstić information content (AvgIpc) is 2.37. The number of esters is 1. The molecule has 102 valence electrons. The third-order valence-electron chi connectivity index (χ3n) is 2.02. The predicted octanol–water partition coefficient (Wildman–Crippen LogP) is 2.19. The lowest BCUT2D eigenvalue weighted by molar-refractivity contribution is -0.138. The molecule has 0 aromatic heterocycles. The van der Waals surface area contributed by atoms with Crippen molar-refractivity contribution in [2.45, 2.75) is 0 Å². The molecule has 0 saturated heterocycles. The van der Waals surface area contributed by atoms with Crippen molar-refractivity contribution in [2.75, 3.05) is 14.2 Å². The lowest BCUT2D eigenvalue weighted by atomic mass is 10.2. The number of carbonyl (C=O) groups is 2. The molecule has 0 aliphatic heterocycles. The highest BCUT2D eigenvalue weighted by molar-refractivity contribution is 9.10. The van der Waals surface area contributed by atoms with E-state index in [-0.39, 0.29) is 17.1 Å². The molecule has 1 aromatic rings. The summed E-state index contributed by atoms with van der Waals surface area (Å²) in [6.45, 7) is 0. The predicted molar refractivity (Wildman–Crippen MR) is 68.8 cm³/mol. The van der Waals surface area contributed by atoms with Crippen LogP contribution in [0.4, 0.5) is 0 Å². The number of carboxylic acid groups (broad SMARTS) is 1. The minimum absolute atomic E-state index is 0.00410. The minimum atomic E-state index is -1.19. The summed E-state index contributed by atoms with van der Waals surface area (Å²) >= 11 is 3.10. The van der Waals surface area contributed by atoms with Crippen LogP contribution < -0.4 is 4.74 Å². The molecule has 0 aliphatic rings. The van der Waals surface area contributed by atoms with Gasteiger partial charge in [-0.25, -0.2) is 9.59 Å². The number of carbonyl (C=O) groups excluding carboxylic acids is 1. The first-order valence-corrected chi connectivity index (χ1v) is 5.81. The molecule has 0 aliphatic carbocycles. The fourth-order valence-corrected chi connectivity index (χ4v) is 1.75. The Labute approximate surface area is 117 Å². The lowest BCUT2D eigenvalue weighted by Gasteiger charge is -2.11. The monoisotopic (exact) mass is 330 g/mol. The van der Waals surface area contributed by atoms with Crippen molar-refractivity contribution in [1.29, 1.82) is 0 Å². The van der Waals surface area contributed by atoms with Crippen LogP contribution in [0.25, 0.3) is 0 Å². The number of rotatable bonds is 5. The fourth-order valence-electron chi connectivity index (χ4n) is 1.24.